The first-order valence-electron chi connectivity index (χ1n) is 2.50. The zero-order valence-corrected chi connectivity index (χ0v) is 8.84. The van der Waals surface area contributed by atoms with Crippen molar-refractivity contribution in [1.29, 1.82) is 0 Å². The third-order valence-corrected chi connectivity index (χ3v) is 4.10. The molecular formula is H6NO10P3. The van der Waals surface area contributed by atoms with Gasteiger partial charge in [0.25, 0.3) is 0 Å². The van der Waals surface area contributed by atoms with E-state index in [2.05, 4.69) is 19.1 Å². The monoisotopic (exact) mass is 273 g/mol. The zero-order valence-electron chi connectivity index (χ0n) is 6.16. The van der Waals surface area contributed by atoms with E-state index in [0.29, 0.717) is 0 Å². The molecule has 14 heavy (non-hydrogen) atoms. The highest BCUT2D eigenvalue weighted by atomic mass is 31.3. The molecule has 0 spiro atoms. The third kappa shape index (κ3) is 6.77. The molecule has 0 saturated heterocycles. The van der Waals surface area contributed by atoms with Gasteiger partial charge in [0.05, 0.1) is 0 Å². The molecule has 0 aromatic heterocycles. The summed E-state index contributed by atoms with van der Waals surface area (Å²) in [5.74, 6) is 4.22. The summed E-state index contributed by atoms with van der Waals surface area (Å²) in [5, 5.41) is 0. The summed E-state index contributed by atoms with van der Waals surface area (Å²) in [6.07, 6.45) is 0. The highest BCUT2D eigenvalue weighted by Gasteiger charge is 2.41. The van der Waals surface area contributed by atoms with Gasteiger partial charge in [0.1, 0.15) is 0 Å². The van der Waals surface area contributed by atoms with Crippen molar-refractivity contribution in [3.63, 3.8) is 0 Å². The smallest absolute Gasteiger partial charge is 0.302 e. The van der Waals surface area contributed by atoms with E-state index in [1.807, 2.05) is 0 Å². The Bertz CT molecular complexity index is 290. The van der Waals surface area contributed by atoms with Crippen LogP contribution in [0.1, 0.15) is 0 Å². The summed E-state index contributed by atoms with van der Waals surface area (Å²) in [5.41, 5.74) is 0. The van der Waals surface area contributed by atoms with Crippen LogP contribution >= 0.6 is 23.5 Å². The first kappa shape index (κ1) is 14.4. The summed E-state index contributed by atoms with van der Waals surface area (Å²) in [6, 6.07) is 0. The Balaban J connectivity index is 4.76. The lowest BCUT2D eigenvalue weighted by Gasteiger charge is -2.14. The van der Waals surface area contributed by atoms with Gasteiger partial charge in [-0.15, -0.1) is 0 Å². The molecule has 0 unspecified atom stereocenters. The van der Waals surface area contributed by atoms with Gasteiger partial charge < -0.3 is 19.6 Å². The zero-order chi connectivity index (χ0) is 11.6. The summed E-state index contributed by atoms with van der Waals surface area (Å²) in [6.45, 7) is 0. The maximum Gasteiger partial charge on any atom is 0.509 e. The Morgan fingerprint density at radius 2 is 1.14 bits per heavy atom. The van der Waals surface area contributed by atoms with Crippen LogP contribution in [0, 0.1) is 0 Å². The van der Waals surface area contributed by atoms with Crippen molar-refractivity contribution in [3.8, 4) is 0 Å². The van der Waals surface area contributed by atoms with Crippen LogP contribution in [0.4, 0.5) is 0 Å². The van der Waals surface area contributed by atoms with E-state index in [1.165, 1.54) is 0 Å². The van der Waals surface area contributed by atoms with E-state index < -0.39 is 23.5 Å². The highest BCUT2D eigenvalue weighted by Crippen LogP contribution is 2.66. The molecule has 11 nitrogen and oxygen atoms in total. The molecule has 0 aliphatic heterocycles. The molecule has 0 aliphatic rings. The van der Waals surface area contributed by atoms with E-state index in [1.54, 1.807) is 0 Å². The van der Waals surface area contributed by atoms with Crippen LogP contribution < -0.4 is 5.90 Å². The van der Waals surface area contributed by atoms with Crippen molar-refractivity contribution in [2.45, 2.75) is 0 Å². The molecule has 0 heterocycles. The standard InChI is InChI=1S/H6NO10P3/c1-9-14(8,10-12(2,3)4)11-13(5,6)7/h1H2,(H2,2,3,4)(H2,5,6,7). The van der Waals surface area contributed by atoms with Crippen LogP contribution in [0.25, 0.3) is 0 Å². The summed E-state index contributed by atoms with van der Waals surface area (Å²) in [7, 11) is -15.8. The Morgan fingerprint density at radius 3 is 1.29 bits per heavy atom. The molecule has 0 aromatic carbocycles. The molecule has 0 radical (unpaired) electrons. The minimum Gasteiger partial charge on any atom is -0.302 e. The van der Waals surface area contributed by atoms with Crippen molar-refractivity contribution in [2.75, 3.05) is 0 Å². The minimum atomic E-state index is -5.33. The Morgan fingerprint density at radius 1 is 0.857 bits per heavy atom. The van der Waals surface area contributed by atoms with Gasteiger partial charge in [0, 0.05) is 0 Å². The molecule has 6 N–H and O–H groups in total. The SMILES string of the molecule is NOP(=O)(OP(=O)(O)O)OP(=O)(O)O. The molecule has 0 saturated carbocycles. The second-order valence-corrected chi connectivity index (χ2v) is 6.07. The average molecular weight is 273 g/mol. The van der Waals surface area contributed by atoms with Crippen molar-refractivity contribution >= 4 is 23.5 Å². The Labute approximate surface area is 76.8 Å². The molecule has 0 amide bonds. The number of hydrogen-bond acceptors (Lipinski definition) is 7. The van der Waals surface area contributed by atoms with E-state index in [-0.39, 0.29) is 0 Å². The van der Waals surface area contributed by atoms with Crippen LogP contribution in [0.15, 0.2) is 0 Å². The lowest BCUT2D eigenvalue weighted by atomic mass is 13.6. The highest BCUT2D eigenvalue weighted by molar-refractivity contribution is 7.66. The molecule has 0 bridgehead atoms. The van der Waals surface area contributed by atoms with Crippen LogP contribution in [-0.2, 0) is 26.9 Å². The van der Waals surface area contributed by atoms with E-state index >= 15 is 0 Å². The van der Waals surface area contributed by atoms with E-state index in [9.17, 15) is 13.7 Å². The normalized spacial score (nSPS) is 14.4. The second kappa shape index (κ2) is 4.48. The van der Waals surface area contributed by atoms with Crippen LogP contribution in [0.2, 0.25) is 0 Å². The van der Waals surface area contributed by atoms with Gasteiger partial charge in [0.15, 0.2) is 0 Å². The Hall–Kier alpha value is 0.370. The van der Waals surface area contributed by atoms with Gasteiger partial charge in [-0.1, -0.05) is 0 Å². The lowest BCUT2D eigenvalue weighted by molar-refractivity contribution is 0.167. The number of phosphoric acid groups is 3. The third-order valence-electron chi connectivity index (χ3n) is 0.542. The van der Waals surface area contributed by atoms with Crippen molar-refractivity contribution < 1.29 is 46.5 Å². The summed E-state index contributed by atoms with van der Waals surface area (Å²) >= 11 is 0. The summed E-state index contributed by atoms with van der Waals surface area (Å²) in [4.78, 5) is 32.5. The van der Waals surface area contributed by atoms with Crippen molar-refractivity contribution in [1.82, 2.24) is 0 Å². The van der Waals surface area contributed by atoms with Crippen LogP contribution in [-0.4, -0.2) is 19.6 Å². The first-order chi connectivity index (χ1) is 5.97. The van der Waals surface area contributed by atoms with Gasteiger partial charge in [0.2, 0.25) is 0 Å². The number of hydrogen-bond donors (Lipinski definition) is 5. The van der Waals surface area contributed by atoms with Gasteiger partial charge in [-0.05, 0) is 0 Å². The predicted octanol–water partition coefficient (Wildman–Crippen LogP) is -0.797. The maximum absolute atomic E-state index is 10.8. The molecular weight excluding hydrogens is 267 g/mol. The van der Waals surface area contributed by atoms with E-state index in [4.69, 9.17) is 19.6 Å². The van der Waals surface area contributed by atoms with Crippen LogP contribution in [0.3, 0.4) is 0 Å². The fraction of sp³-hybridized carbons (Fsp3) is 0. The number of nitrogens with two attached hydrogens (primary N) is 1. The molecule has 0 aromatic rings. The average Bonchev–Trinajstić information content (AvgIpc) is 1.78. The van der Waals surface area contributed by atoms with Crippen molar-refractivity contribution in [3.05, 3.63) is 0 Å². The largest absolute Gasteiger partial charge is 0.509 e. The second-order valence-electron chi connectivity index (χ2n) is 1.70. The molecule has 0 fully saturated rings. The minimum absolute atomic E-state index is 3.31. The molecule has 0 rings (SSSR count). The summed E-state index contributed by atoms with van der Waals surface area (Å²) < 4.78 is 41.0. The van der Waals surface area contributed by atoms with Gasteiger partial charge in [-0.3, -0.25) is 0 Å². The van der Waals surface area contributed by atoms with Gasteiger partial charge >= 0.3 is 23.5 Å². The first-order valence-corrected chi connectivity index (χ1v) is 7.02. The quantitative estimate of drug-likeness (QED) is 0.311. The number of rotatable bonds is 5. The Kier molecular flexibility index (Phi) is 4.60. The van der Waals surface area contributed by atoms with E-state index in [0.717, 1.165) is 0 Å². The fourth-order valence-corrected chi connectivity index (χ4v) is 3.09. The fourth-order valence-electron chi connectivity index (χ4n) is 0.314. The lowest BCUT2D eigenvalue weighted by Crippen LogP contribution is -2.02. The predicted molar refractivity (Wildman–Crippen MR) is 39.1 cm³/mol. The molecule has 14 heteroatoms. The van der Waals surface area contributed by atoms with Gasteiger partial charge in [-0.25, -0.2) is 24.2 Å². The van der Waals surface area contributed by atoms with Crippen molar-refractivity contribution in [2.24, 2.45) is 5.90 Å². The molecule has 86 valence electrons. The topological polar surface area (TPSA) is 186 Å². The van der Waals surface area contributed by atoms with Crippen LogP contribution in [0.5, 0.6) is 0 Å². The van der Waals surface area contributed by atoms with Gasteiger partial charge in [-0.2, -0.15) is 8.62 Å². The maximum atomic E-state index is 10.8. The molecule has 0 atom stereocenters. The molecule has 0 aliphatic carbocycles.